The number of amides is 1. The van der Waals surface area contributed by atoms with Crippen molar-refractivity contribution in [3.63, 3.8) is 0 Å². The predicted molar refractivity (Wildman–Crippen MR) is 123 cm³/mol. The molecule has 3 aromatic rings. The van der Waals surface area contributed by atoms with Gasteiger partial charge in [0.15, 0.2) is 11.6 Å². The molecule has 0 saturated carbocycles. The van der Waals surface area contributed by atoms with Gasteiger partial charge in [0.25, 0.3) is 11.5 Å². The van der Waals surface area contributed by atoms with Crippen LogP contribution in [0.3, 0.4) is 0 Å². The van der Waals surface area contributed by atoms with Crippen molar-refractivity contribution in [2.45, 2.75) is 46.0 Å². The van der Waals surface area contributed by atoms with Gasteiger partial charge in [-0.3, -0.25) is 9.59 Å². The molecule has 1 aromatic heterocycles. The molecule has 0 aliphatic carbocycles. The first-order chi connectivity index (χ1) is 15.6. The second-order valence-corrected chi connectivity index (χ2v) is 8.82. The quantitative estimate of drug-likeness (QED) is 0.606. The highest BCUT2D eigenvalue weighted by Gasteiger charge is 2.27. The number of hydrogen-bond donors (Lipinski definition) is 1. The number of aryl methyl sites for hydroxylation is 1. The molecule has 1 fully saturated rings. The monoisotopic (exact) mass is 473 g/mol. The van der Waals surface area contributed by atoms with Crippen LogP contribution in [-0.4, -0.2) is 46.1 Å². The van der Waals surface area contributed by atoms with Crippen LogP contribution in [0.15, 0.2) is 35.1 Å². The van der Waals surface area contributed by atoms with Gasteiger partial charge in [0.2, 0.25) is 0 Å². The molecule has 0 bridgehead atoms. The van der Waals surface area contributed by atoms with Crippen molar-refractivity contribution in [3.05, 3.63) is 68.5 Å². The molecule has 2 heterocycles. The zero-order valence-electron chi connectivity index (χ0n) is 18.8. The smallest absolute Gasteiger partial charge is 0.258 e. The van der Waals surface area contributed by atoms with Crippen molar-refractivity contribution in [1.82, 2.24) is 14.9 Å². The fourth-order valence-corrected chi connectivity index (χ4v) is 4.43. The number of nitrogens with zero attached hydrogens (tertiary/aromatic N) is 2. The number of ether oxygens (including phenoxy) is 2. The summed E-state index contributed by atoms with van der Waals surface area (Å²) < 4.78 is 26.3. The van der Waals surface area contributed by atoms with Crippen LogP contribution in [0.1, 0.15) is 48.6 Å². The lowest BCUT2D eigenvalue weighted by Gasteiger charge is -2.35. The Morgan fingerprint density at radius 3 is 2.64 bits per heavy atom. The fourth-order valence-electron chi connectivity index (χ4n) is 4.12. The number of carbonyl (C=O) groups is 1. The average Bonchev–Trinajstić information content (AvgIpc) is 2.73. The van der Waals surface area contributed by atoms with Gasteiger partial charge < -0.3 is 19.4 Å². The van der Waals surface area contributed by atoms with Crippen LogP contribution in [0.2, 0.25) is 5.02 Å². The van der Waals surface area contributed by atoms with Gasteiger partial charge in [0.05, 0.1) is 23.1 Å². The summed E-state index contributed by atoms with van der Waals surface area (Å²) >= 11 is 6.40. The highest BCUT2D eigenvalue weighted by molar-refractivity contribution is 6.32. The molecule has 1 amide bonds. The standard InChI is InChI=1S/C24H25ClFN3O4/c1-12-10-29(11-13(2)32-12)24(31)16-5-6-22(20(26)7-16)33-14(3)17-8-18-21(9-19(17)25)27-15(4)28-23(18)30/h5-9,12-14H,10-11H2,1-4H3,(H,27,28,30). The Bertz CT molecular complexity index is 1270. The van der Waals surface area contributed by atoms with Crippen LogP contribution < -0.4 is 10.3 Å². The molecule has 0 radical (unpaired) electrons. The molecule has 2 aromatic carbocycles. The number of fused-ring (bicyclic) bond motifs is 1. The lowest BCUT2D eigenvalue weighted by molar-refractivity contribution is -0.0586. The van der Waals surface area contributed by atoms with E-state index in [9.17, 15) is 14.0 Å². The van der Waals surface area contributed by atoms with Gasteiger partial charge in [-0.15, -0.1) is 0 Å². The highest BCUT2D eigenvalue weighted by atomic mass is 35.5. The van der Waals surface area contributed by atoms with Gasteiger partial charge >= 0.3 is 0 Å². The van der Waals surface area contributed by atoms with Crippen molar-refractivity contribution < 1.29 is 18.7 Å². The van der Waals surface area contributed by atoms with Gasteiger partial charge in [0, 0.05) is 29.2 Å². The first-order valence-electron chi connectivity index (χ1n) is 10.7. The van der Waals surface area contributed by atoms with Crippen LogP contribution in [-0.2, 0) is 4.74 Å². The van der Waals surface area contributed by atoms with Crippen molar-refractivity contribution in [2.75, 3.05) is 13.1 Å². The molecule has 1 aliphatic heterocycles. The average molecular weight is 474 g/mol. The van der Waals surface area contributed by atoms with Crippen molar-refractivity contribution >= 4 is 28.4 Å². The number of benzene rings is 2. The van der Waals surface area contributed by atoms with Gasteiger partial charge in [-0.2, -0.15) is 0 Å². The maximum atomic E-state index is 14.9. The lowest BCUT2D eigenvalue weighted by Crippen LogP contribution is -2.48. The summed E-state index contributed by atoms with van der Waals surface area (Å²) in [5, 5.41) is 0.723. The summed E-state index contributed by atoms with van der Waals surface area (Å²) in [5.41, 5.74) is 0.947. The molecule has 0 spiro atoms. The maximum absolute atomic E-state index is 14.9. The molecule has 33 heavy (non-hydrogen) atoms. The van der Waals surface area contributed by atoms with Crippen molar-refractivity contribution in [1.29, 1.82) is 0 Å². The Labute approximate surface area is 195 Å². The Hall–Kier alpha value is -2.97. The normalized spacial score (nSPS) is 19.5. The number of morpholine rings is 1. The molecule has 1 N–H and O–H groups in total. The topological polar surface area (TPSA) is 84.5 Å². The Morgan fingerprint density at radius 2 is 1.97 bits per heavy atom. The molecule has 7 nitrogen and oxygen atoms in total. The van der Waals surface area contributed by atoms with E-state index in [0.29, 0.717) is 40.4 Å². The second kappa shape index (κ2) is 9.11. The second-order valence-electron chi connectivity index (χ2n) is 8.41. The number of aromatic nitrogens is 2. The Balaban J connectivity index is 1.55. The SMILES string of the molecule is Cc1nc2cc(Cl)c(C(C)Oc3ccc(C(=O)N4CC(C)OC(C)C4)cc3F)cc2c(=O)[nH]1. The van der Waals surface area contributed by atoms with E-state index < -0.39 is 11.9 Å². The minimum Gasteiger partial charge on any atom is -0.483 e. The van der Waals surface area contributed by atoms with Crippen LogP contribution in [0.5, 0.6) is 5.75 Å². The van der Waals surface area contributed by atoms with Gasteiger partial charge in [-0.25, -0.2) is 9.37 Å². The van der Waals surface area contributed by atoms with Gasteiger partial charge in [-0.1, -0.05) is 11.6 Å². The molecule has 1 aliphatic rings. The van der Waals surface area contributed by atoms with E-state index in [-0.39, 0.29) is 35.0 Å². The summed E-state index contributed by atoms with van der Waals surface area (Å²) in [6.45, 7) is 8.10. The third-order valence-electron chi connectivity index (χ3n) is 5.57. The summed E-state index contributed by atoms with van der Waals surface area (Å²) in [4.78, 5) is 33.7. The molecule has 9 heteroatoms. The Morgan fingerprint density at radius 1 is 1.27 bits per heavy atom. The number of aromatic amines is 1. The number of rotatable bonds is 4. The van der Waals surface area contributed by atoms with Crippen LogP contribution in [0, 0.1) is 12.7 Å². The molecule has 3 atom stereocenters. The third-order valence-corrected chi connectivity index (χ3v) is 5.90. The summed E-state index contributed by atoms with van der Waals surface area (Å²) in [7, 11) is 0. The van der Waals surface area contributed by atoms with Gasteiger partial charge in [-0.05, 0) is 58.0 Å². The Kier molecular flexibility index (Phi) is 6.41. The number of carbonyl (C=O) groups excluding carboxylic acids is 1. The maximum Gasteiger partial charge on any atom is 0.258 e. The zero-order chi connectivity index (χ0) is 23.9. The molecule has 4 rings (SSSR count). The van der Waals surface area contributed by atoms with E-state index in [1.165, 1.54) is 18.2 Å². The predicted octanol–water partition coefficient (Wildman–Crippen LogP) is 4.41. The van der Waals surface area contributed by atoms with E-state index in [1.54, 1.807) is 30.9 Å². The summed E-state index contributed by atoms with van der Waals surface area (Å²) in [5.74, 6) is -0.447. The molecule has 1 saturated heterocycles. The minimum atomic E-state index is -0.658. The van der Waals surface area contributed by atoms with Gasteiger partial charge in [0.1, 0.15) is 11.9 Å². The van der Waals surface area contributed by atoms with Crippen LogP contribution in [0.25, 0.3) is 10.9 Å². The zero-order valence-corrected chi connectivity index (χ0v) is 19.6. The third kappa shape index (κ3) is 4.86. The number of hydrogen-bond acceptors (Lipinski definition) is 5. The molecular weight excluding hydrogens is 449 g/mol. The van der Waals surface area contributed by atoms with Crippen molar-refractivity contribution in [2.24, 2.45) is 0 Å². The lowest BCUT2D eigenvalue weighted by atomic mass is 10.1. The molecule has 3 unspecified atom stereocenters. The van der Waals surface area contributed by atoms with E-state index in [4.69, 9.17) is 21.1 Å². The largest absolute Gasteiger partial charge is 0.483 e. The summed E-state index contributed by atoms with van der Waals surface area (Å²) in [6, 6.07) is 7.34. The highest BCUT2D eigenvalue weighted by Crippen LogP contribution is 2.31. The number of nitrogens with one attached hydrogen (secondary N) is 1. The van der Waals surface area contributed by atoms with Crippen LogP contribution >= 0.6 is 11.6 Å². The first kappa shape index (κ1) is 23.2. The summed E-state index contributed by atoms with van der Waals surface area (Å²) in [6.07, 6.45) is -0.812. The van der Waals surface area contributed by atoms with E-state index in [1.807, 2.05) is 13.8 Å². The van der Waals surface area contributed by atoms with E-state index in [2.05, 4.69) is 9.97 Å². The van der Waals surface area contributed by atoms with E-state index in [0.717, 1.165) is 0 Å². The first-order valence-corrected chi connectivity index (χ1v) is 11.1. The van der Waals surface area contributed by atoms with E-state index >= 15 is 0 Å². The molecular formula is C24H25ClFN3O4. The van der Waals surface area contributed by atoms with Crippen LogP contribution in [0.4, 0.5) is 4.39 Å². The van der Waals surface area contributed by atoms with Crippen molar-refractivity contribution in [3.8, 4) is 5.75 Å². The fraction of sp³-hybridized carbons (Fsp3) is 0.375. The number of halogens is 2. The number of H-pyrrole nitrogens is 1. The minimum absolute atomic E-state index is 0.0186. The molecule has 174 valence electrons.